The summed E-state index contributed by atoms with van der Waals surface area (Å²) in [6.45, 7) is 1.01. The molecule has 1 amide bonds. The predicted molar refractivity (Wildman–Crippen MR) is 103 cm³/mol. The molecule has 0 aliphatic carbocycles. The van der Waals surface area contributed by atoms with Crippen LogP contribution in [0.1, 0.15) is 15.9 Å². The Labute approximate surface area is 167 Å². The molecular formula is C18H20N2O8S. The van der Waals surface area contributed by atoms with E-state index in [1.54, 1.807) is 6.92 Å². The van der Waals surface area contributed by atoms with Crippen molar-refractivity contribution in [2.45, 2.75) is 11.8 Å². The van der Waals surface area contributed by atoms with Crippen LogP contribution >= 0.6 is 0 Å². The Morgan fingerprint density at radius 1 is 1.07 bits per heavy atom. The van der Waals surface area contributed by atoms with Crippen LogP contribution in [-0.2, 0) is 14.8 Å². The third kappa shape index (κ3) is 5.08. The molecule has 0 saturated heterocycles. The number of benzene rings is 2. The summed E-state index contributed by atoms with van der Waals surface area (Å²) < 4.78 is 43.2. The lowest BCUT2D eigenvalue weighted by Gasteiger charge is -2.16. The van der Waals surface area contributed by atoms with Gasteiger partial charge in [-0.25, -0.2) is 13.2 Å². The fraction of sp³-hybridized carbons (Fsp3) is 0.222. The van der Waals surface area contributed by atoms with E-state index in [4.69, 9.17) is 25.1 Å². The van der Waals surface area contributed by atoms with Gasteiger partial charge in [0.05, 0.1) is 30.4 Å². The standard InChI is InChI=1S/C18H20N2O8S/c1-10-6-11(4-5-14(10)28-9-17(21)22)29(24,25)20-13-8-16(27-3)15(26-2)7-12(13)18(19)23/h4-8,20H,9H2,1-3H3,(H2,19,23)(H,21,22). The van der Waals surface area contributed by atoms with Gasteiger partial charge in [-0.1, -0.05) is 0 Å². The Morgan fingerprint density at radius 2 is 1.69 bits per heavy atom. The topological polar surface area (TPSA) is 154 Å². The molecule has 0 aromatic heterocycles. The van der Waals surface area contributed by atoms with E-state index >= 15 is 0 Å². The molecule has 0 aliphatic heterocycles. The highest BCUT2D eigenvalue weighted by Crippen LogP contribution is 2.34. The Hall–Kier alpha value is -3.47. The first-order chi connectivity index (χ1) is 13.6. The van der Waals surface area contributed by atoms with E-state index in [2.05, 4.69) is 4.72 Å². The minimum atomic E-state index is -4.11. The van der Waals surface area contributed by atoms with Crippen molar-refractivity contribution in [1.29, 1.82) is 0 Å². The Bertz CT molecular complexity index is 1050. The van der Waals surface area contributed by atoms with E-state index in [-0.39, 0.29) is 33.4 Å². The number of carboxylic acid groups (broad SMARTS) is 1. The van der Waals surface area contributed by atoms with Gasteiger partial charge in [-0.05, 0) is 36.8 Å². The maximum absolute atomic E-state index is 12.8. The van der Waals surface area contributed by atoms with Crippen molar-refractivity contribution < 1.29 is 37.3 Å². The molecule has 4 N–H and O–H groups in total. The lowest BCUT2D eigenvalue weighted by molar-refractivity contribution is -0.139. The van der Waals surface area contributed by atoms with Gasteiger partial charge in [-0.15, -0.1) is 0 Å². The number of primary amides is 1. The van der Waals surface area contributed by atoms with Gasteiger partial charge in [0.25, 0.3) is 15.9 Å². The number of aryl methyl sites for hydroxylation is 1. The van der Waals surface area contributed by atoms with Gasteiger partial charge in [-0.3, -0.25) is 9.52 Å². The predicted octanol–water partition coefficient (Wildman–Crippen LogP) is 1.38. The van der Waals surface area contributed by atoms with Crippen molar-refractivity contribution in [2.24, 2.45) is 5.73 Å². The number of methoxy groups -OCH3 is 2. The van der Waals surface area contributed by atoms with Crippen molar-refractivity contribution >= 4 is 27.6 Å². The average molecular weight is 424 g/mol. The third-order valence-corrected chi connectivity index (χ3v) is 5.20. The van der Waals surface area contributed by atoms with Gasteiger partial charge in [0.2, 0.25) is 0 Å². The van der Waals surface area contributed by atoms with Crippen LogP contribution < -0.4 is 24.7 Å². The smallest absolute Gasteiger partial charge is 0.341 e. The number of rotatable bonds is 9. The SMILES string of the molecule is COc1cc(NS(=O)(=O)c2ccc(OCC(=O)O)c(C)c2)c(C(N)=O)cc1OC. The van der Waals surface area contributed by atoms with Crippen LogP contribution in [-0.4, -0.2) is 46.2 Å². The molecular weight excluding hydrogens is 404 g/mol. The molecule has 0 aliphatic rings. The molecule has 0 saturated carbocycles. The fourth-order valence-electron chi connectivity index (χ4n) is 2.46. The van der Waals surface area contributed by atoms with E-state index in [0.29, 0.717) is 5.56 Å². The fourth-order valence-corrected chi connectivity index (χ4v) is 3.62. The number of carboxylic acids is 1. The third-order valence-electron chi connectivity index (χ3n) is 3.84. The van der Waals surface area contributed by atoms with Crippen LogP contribution in [0.15, 0.2) is 35.2 Å². The highest BCUT2D eigenvalue weighted by atomic mass is 32.2. The van der Waals surface area contributed by atoms with Crippen LogP contribution in [0.3, 0.4) is 0 Å². The van der Waals surface area contributed by atoms with Crippen LogP contribution in [0.25, 0.3) is 0 Å². The molecule has 0 unspecified atom stereocenters. The second kappa shape index (κ2) is 8.69. The number of amides is 1. The van der Waals surface area contributed by atoms with Crippen molar-refractivity contribution in [3.63, 3.8) is 0 Å². The van der Waals surface area contributed by atoms with Gasteiger partial charge in [0.1, 0.15) is 5.75 Å². The molecule has 156 valence electrons. The van der Waals surface area contributed by atoms with Crippen LogP contribution in [0.5, 0.6) is 17.2 Å². The molecule has 0 bridgehead atoms. The second-order valence-electron chi connectivity index (χ2n) is 5.83. The minimum absolute atomic E-state index is 0.0843. The van der Waals surface area contributed by atoms with Gasteiger partial charge < -0.3 is 25.1 Å². The highest BCUT2D eigenvalue weighted by molar-refractivity contribution is 7.92. The van der Waals surface area contributed by atoms with Crippen LogP contribution in [0, 0.1) is 6.92 Å². The Kier molecular flexibility index (Phi) is 6.54. The first-order valence-electron chi connectivity index (χ1n) is 8.13. The minimum Gasteiger partial charge on any atom is -0.493 e. The zero-order valence-corrected chi connectivity index (χ0v) is 16.7. The molecule has 2 aromatic carbocycles. The molecule has 2 rings (SSSR count). The molecule has 11 heteroatoms. The number of sulfonamides is 1. The van der Waals surface area contributed by atoms with Crippen molar-refractivity contribution in [2.75, 3.05) is 25.5 Å². The summed E-state index contributed by atoms with van der Waals surface area (Å²) in [5.41, 5.74) is 5.58. The van der Waals surface area contributed by atoms with E-state index in [1.165, 1.54) is 44.6 Å². The van der Waals surface area contributed by atoms with Gasteiger partial charge in [0, 0.05) is 6.07 Å². The number of hydrogen-bond donors (Lipinski definition) is 3. The molecule has 0 atom stereocenters. The lowest BCUT2D eigenvalue weighted by Crippen LogP contribution is -2.19. The average Bonchev–Trinajstić information content (AvgIpc) is 2.65. The monoisotopic (exact) mass is 424 g/mol. The van der Waals surface area contributed by atoms with Gasteiger partial charge in [0.15, 0.2) is 18.1 Å². The van der Waals surface area contributed by atoms with E-state index in [1.807, 2.05) is 0 Å². The maximum Gasteiger partial charge on any atom is 0.341 e. The van der Waals surface area contributed by atoms with Crippen molar-refractivity contribution in [3.8, 4) is 17.2 Å². The molecule has 0 spiro atoms. The summed E-state index contributed by atoms with van der Waals surface area (Å²) in [4.78, 5) is 22.3. The number of ether oxygens (including phenoxy) is 3. The summed E-state index contributed by atoms with van der Waals surface area (Å²) in [5.74, 6) is -1.38. The molecule has 10 nitrogen and oxygen atoms in total. The Morgan fingerprint density at radius 3 is 2.21 bits per heavy atom. The maximum atomic E-state index is 12.8. The number of nitrogens with one attached hydrogen (secondary N) is 1. The number of nitrogens with two attached hydrogens (primary N) is 1. The summed E-state index contributed by atoms with van der Waals surface area (Å²) in [6, 6.07) is 6.46. The summed E-state index contributed by atoms with van der Waals surface area (Å²) in [7, 11) is -1.39. The second-order valence-corrected chi connectivity index (χ2v) is 7.51. The summed E-state index contributed by atoms with van der Waals surface area (Å²) in [5, 5.41) is 8.68. The largest absolute Gasteiger partial charge is 0.493 e. The van der Waals surface area contributed by atoms with E-state index in [9.17, 15) is 18.0 Å². The summed E-state index contributed by atoms with van der Waals surface area (Å²) in [6.07, 6.45) is 0. The number of carbonyl (C=O) groups is 2. The van der Waals surface area contributed by atoms with Gasteiger partial charge in [-0.2, -0.15) is 0 Å². The van der Waals surface area contributed by atoms with Crippen LogP contribution in [0.2, 0.25) is 0 Å². The van der Waals surface area contributed by atoms with Crippen molar-refractivity contribution in [1.82, 2.24) is 0 Å². The zero-order valence-electron chi connectivity index (χ0n) is 15.9. The first-order valence-corrected chi connectivity index (χ1v) is 9.61. The zero-order chi connectivity index (χ0) is 21.8. The quantitative estimate of drug-likeness (QED) is 0.545. The Balaban J connectivity index is 2.42. The number of carbonyl (C=O) groups excluding carboxylic acids is 1. The summed E-state index contributed by atoms with van der Waals surface area (Å²) >= 11 is 0. The molecule has 2 aromatic rings. The molecule has 29 heavy (non-hydrogen) atoms. The van der Waals surface area contributed by atoms with Gasteiger partial charge >= 0.3 is 5.97 Å². The van der Waals surface area contributed by atoms with Crippen LogP contribution in [0.4, 0.5) is 5.69 Å². The van der Waals surface area contributed by atoms with E-state index in [0.717, 1.165) is 0 Å². The molecule has 0 fully saturated rings. The number of anilines is 1. The first kappa shape index (κ1) is 21.8. The lowest BCUT2D eigenvalue weighted by atomic mass is 10.1. The van der Waals surface area contributed by atoms with Crippen molar-refractivity contribution in [3.05, 3.63) is 41.5 Å². The van der Waals surface area contributed by atoms with E-state index < -0.39 is 28.5 Å². The molecule has 0 radical (unpaired) electrons. The molecule has 0 heterocycles. The number of aliphatic carboxylic acids is 1. The normalized spacial score (nSPS) is 10.9. The highest BCUT2D eigenvalue weighted by Gasteiger charge is 2.21. The number of hydrogen-bond acceptors (Lipinski definition) is 7.